The summed E-state index contributed by atoms with van der Waals surface area (Å²) < 4.78 is 34.9. The summed E-state index contributed by atoms with van der Waals surface area (Å²) in [6, 6.07) is 9.97. The minimum atomic E-state index is -3.82. The predicted molar refractivity (Wildman–Crippen MR) is 153 cm³/mol. The van der Waals surface area contributed by atoms with Crippen LogP contribution in [0.3, 0.4) is 0 Å². The number of sulfonamides is 1. The zero-order valence-electron chi connectivity index (χ0n) is 22.7. The molecule has 0 bridgehead atoms. The molecule has 0 radical (unpaired) electrons. The fourth-order valence-corrected chi connectivity index (χ4v) is 5.96. The van der Waals surface area contributed by atoms with Gasteiger partial charge < -0.3 is 15.8 Å². The van der Waals surface area contributed by atoms with E-state index in [9.17, 15) is 13.2 Å². The highest BCUT2D eigenvalue weighted by Crippen LogP contribution is 2.29. The van der Waals surface area contributed by atoms with Crippen molar-refractivity contribution in [1.29, 1.82) is 0 Å². The summed E-state index contributed by atoms with van der Waals surface area (Å²) in [5.74, 6) is -0.261. The number of nitrogens with two attached hydrogens (primary N) is 1. The molecule has 4 aromatic rings. The Kier molecular flexibility index (Phi) is 8.09. The third-order valence-electron chi connectivity index (χ3n) is 6.21. The number of aryl methyl sites for hydroxylation is 1. The standard InChI is InChI=1S/C25H34N8O4SSi/c1-17-12-21-22(23(24(26)34)31-33(21)16-37-10-11-39(3,4)5)25(30-17)27-13-18-8-6-7-9-20(18)32(2)38(35,36)19-14-28-29-15-19/h6-9,12,14-15H,10-11,13,16H2,1-5H3,(H2,26,34)(H,27,30)(H,28,29). The lowest BCUT2D eigenvalue weighted by atomic mass is 10.1. The summed E-state index contributed by atoms with van der Waals surface area (Å²) in [5, 5.41) is 14.5. The smallest absolute Gasteiger partial charge is 0.269 e. The summed E-state index contributed by atoms with van der Waals surface area (Å²) in [6.45, 7) is 9.68. The Labute approximate surface area is 228 Å². The van der Waals surface area contributed by atoms with Gasteiger partial charge in [0.05, 0.1) is 22.8 Å². The molecule has 0 spiro atoms. The Hall–Kier alpha value is -3.75. The van der Waals surface area contributed by atoms with Crippen LogP contribution in [0.2, 0.25) is 25.7 Å². The van der Waals surface area contributed by atoms with E-state index in [0.29, 0.717) is 40.3 Å². The van der Waals surface area contributed by atoms with Crippen molar-refractivity contribution in [3.8, 4) is 0 Å². The molecule has 208 valence electrons. The number of amides is 1. The summed E-state index contributed by atoms with van der Waals surface area (Å²) in [6.07, 6.45) is 2.59. The van der Waals surface area contributed by atoms with E-state index in [1.807, 2.05) is 25.1 Å². The molecule has 0 fully saturated rings. The fraction of sp³-hybridized carbons (Fsp3) is 0.360. The molecule has 3 heterocycles. The molecule has 12 nitrogen and oxygen atoms in total. The van der Waals surface area contributed by atoms with Crippen molar-refractivity contribution in [2.75, 3.05) is 23.3 Å². The molecule has 4 N–H and O–H groups in total. The van der Waals surface area contributed by atoms with Crippen LogP contribution in [0.25, 0.3) is 10.9 Å². The number of anilines is 2. The number of aromatic amines is 1. The van der Waals surface area contributed by atoms with Gasteiger partial charge in [-0.2, -0.15) is 10.2 Å². The molecule has 0 atom stereocenters. The van der Waals surface area contributed by atoms with Crippen molar-refractivity contribution in [3.05, 3.63) is 59.7 Å². The normalized spacial score (nSPS) is 12.1. The average molecular weight is 571 g/mol. The molecule has 0 saturated heterocycles. The highest BCUT2D eigenvalue weighted by Gasteiger charge is 2.25. The number of hydrogen-bond acceptors (Lipinski definition) is 8. The molecule has 0 saturated carbocycles. The molecule has 1 aromatic carbocycles. The molecular weight excluding hydrogens is 536 g/mol. The number of carbonyl (C=O) groups is 1. The van der Waals surface area contributed by atoms with Crippen molar-refractivity contribution in [1.82, 2.24) is 25.0 Å². The lowest BCUT2D eigenvalue weighted by Gasteiger charge is -2.22. The van der Waals surface area contributed by atoms with Crippen molar-refractivity contribution in [2.45, 2.75) is 50.8 Å². The lowest BCUT2D eigenvalue weighted by Crippen LogP contribution is -2.27. The first-order chi connectivity index (χ1) is 18.4. The Morgan fingerprint density at radius 1 is 1.26 bits per heavy atom. The van der Waals surface area contributed by atoms with E-state index in [2.05, 4.69) is 45.2 Å². The molecule has 4 rings (SSSR count). The topological polar surface area (TPSA) is 161 Å². The number of primary amides is 1. The molecule has 0 aliphatic heterocycles. The van der Waals surface area contributed by atoms with Crippen LogP contribution in [0.15, 0.2) is 47.6 Å². The van der Waals surface area contributed by atoms with E-state index in [4.69, 9.17) is 10.5 Å². The van der Waals surface area contributed by atoms with E-state index in [1.54, 1.807) is 16.8 Å². The van der Waals surface area contributed by atoms with Crippen LogP contribution in [-0.2, 0) is 28.0 Å². The van der Waals surface area contributed by atoms with Crippen molar-refractivity contribution < 1.29 is 17.9 Å². The Balaban J connectivity index is 1.64. The van der Waals surface area contributed by atoms with E-state index in [0.717, 1.165) is 6.04 Å². The monoisotopic (exact) mass is 570 g/mol. The van der Waals surface area contributed by atoms with E-state index < -0.39 is 24.0 Å². The van der Waals surface area contributed by atoms with Crippen LogP contribution in [-0.4, -0.2) is 61.0 Å². The van der Waals surface area contributed by atoms with Crippen LogP contribution >= 0.6 is 0 Å². The Morgan fingerprint density at radius 2 is 2.00 bits per heavy atom. The van der Waals surface area contributed by atoms with Crippen LogP contribution in [0, 0.1) is 6.92 Å². The number of nitrogens with zero attached hydrogens (tertiary/aromatic N) is 5. The minimum Gasteiger partial charge on any atom is -0.365 e. The van der Waals surface area contributed by atoms with Gasteiger partial charge in [0.15, 0.2) is 5.69 Å². The number of para-hydroxylation sites is 1. The number of H-pyrrole nitrogens is 1. The van der Waals surface area contributed by atoms with Gasteiger partial charge in [-0.15, -0.1) is 0 Å². The number of ether oxygens (including phenoxy) is 1. The highest BCUT2D eigenvalue weighted by atomic mass is 32.2. The minimum absolute atomic E-state index is 0.0559. The second-order valence-corrected chi connectivity index (χ2v) is 18.0. The molecule has 0 unspecified atom stereocenters. The Bertz CT molecular complexity index is 1580. The molecular formula is C25H34N8O4SSi. The van der Waals surface area contributed by atoms with Gasteiger partial charge in [-0.25, -0.2) is 18.1 Å². The van der Waals surface area contributed by atoms with Crippen LogP contribution in [0.5, 0.6) is 0 Å². The maximum Gasteiger partial charge on any atom is 0.269 e. The van der Waals surface area contributed by atoms with Gasteiger partial charge in [-0.3, -0.25) is 14.2 Å². The summed E-state index contributed by atoms with van der Waals surface area (Å²) in [7, 11) is -3.59. The second-order valence-electron chi connectivity index (χ2n) is 10.5. The van der Waals surface area contributed by atoms with Gasteiger partial charge in [0.2, 0.25) is 0 Å². The van der Waals surface area contributed by atoms with Crippen LogP contribution < -0.4 is 15.4 Å². The van der Waals surface area contributed by atoms with Crippen molar-refractivity contribution in [2.24, 2.45) is 5.73 Å². The highest BCUT2D eigenvalue weighted by molar-refractivity contribution is 7.92. The first-order valence-electron chi connectivity index (χ1n) is 12.4. The van der Waals surface area contributed by atoms with Crippen molar-refractivity contribution >= 4 is 46.4 Å². The molecule has 0 aliphatic carbocycles. The number of rotatable bonds is 12. The van der Waals surface area contributed by atoms with Crippen LogP contribution in [0.4, 0.5) is 11.5 Å². The first-order valence-corrected chi connectivity index (χ1v) is 17.6. The Morgan fingerprint density at radius 3 is 2.67 bits per heavy atom. The van der Waals surface area contributed by atoms with E-state index in [1.165, 1.54) is 23.7 Å². The largest absolute Gasteiger partial charge is 0.365 e. The third-order valence-corrected chi connectivity index (χ3v) is 9.66. The van der Waals surface area contributed by atoms with Gasteiger partial charge in [0, 0.05) is 40.2 Å². The van der Waals surface area contributed by atoms with Gasteiger partial charge in [0.1, 0.15) is 17.4 Å². The zero-order chi connectivity index (χ0) is 28.4. The van der Waals surface area contributed by atoms with E-state index in [-0.39, 0.29) is 23.9 Å². The molecule has 1 amide bonds. The number of fused-ring (bicyclic) bond motifs is 1. The SMILES string of the molecule is Cc1cc2c(c(NCc3ccccc3N(C)S(=O)(=O)c3cn[nH]c3)n1)c(C(N)=O)nn2COCC[Si](C)(C)C. The van der Waals surface area contributed by atoms with Gasteiger partial charge in [0.25, 0.3) is 15.9 Å². The maximum absolute atomic E-state index is 13.1. The summed E-state index contributed by atoms with van der Waals surface area (Å²) >= 11 is 0. The number of hydrogen-bond donors (Lipinski definition) is 3. The lowest BCUT2D eigenvalue weighted by molar-refractivity contribution is 0.0808. The molecule has 39 heavy (non-hydrogen) atoms. The first kappa shape index (κ1) is 28.3. The second kappa shape index (κ2) is 11.2. The van der Waals surface area contributed by atoms with Crippen LogP contribution in [0.1, 0.15) is 21.7 Å². The molecule has 14 heteroatoms. The van der Waals surface area contributed by atoms with Crippen molar-refractivity contribution in [3.63, 3.8) is 0 Å². The quantitative estimate of drug-likeness (QED) is 0.173. The summed E-state index contributed by atoms with van der Waals surface area (Å²) in [4.78, 5) is 17.0. The molecule has 3 aromatic heterocycles. The average Bonchev–Trinajstić information content (AvgIpc) is 3.54. The fourth-order valence-electron chi connectivity index (χ4n) is 4.06. The number of pyridine rings is 1. The third kappa shape index (κ3) is 6.29. The number of nitrogens with one attached hydrogen (secondary N) is 2. The zero-order valence-corrected chi connectivity index (χ0v) is 24.5. The molecule has 0 aliphatic rings. The maximum atomic E-state index is 13.1. The van der Waals surface area contributed by atoms with E-state index >= 15 is 0 Å². The number of benzene rings is 1. The van der Waals surface area contributed by atoms with Gasteiger partial charge in [-0.05, 0) is 30.7 Å². The number of carbonyl (C=O) groups excluding carboxylic acids is 1. The van der Waals surface area contributed by atoms with Gasteiger partial charge in [-0.1, -0.05) is 37.8 Å². The predicted octanol–water partition coefficient (Wildman–Crippen LogP) is 3.31. The summed E-state index contributed by atoms with van der Waals surface area (Å²) in [5.41, 5.74) is 8.33. The number of aromatic nitrogens is 5. The van der Waals surface area contributed by atoms with Gasteiger partial charge >= 0.3 is 0 Å².